The van der Waals surface area contributed by atoms with Crippen LogP contribution in [-0.2, 0) is 0 Å². The topological polar surface area (TPSA) is 53.4 Å². The molecule has 0 unspecified atom stereocenters. The number of nitrogens with zero attached hydrogens (tertiary/aromatic N) is 1. The van der Waals surface area contributed by atoms with Crippen molar-refractivity contribution in [1.82, 2.24) is 4.98 Å². The van der Waals surface area contributed by atoms with E-state index in [0.29, 0.717) is 0 Å². The van der Waals surface area contributed by atoms with Gasteiger partial charge in [0.1, 0.15) is 10.8 Å². The predicted molar refractivity (Wildman–Crippen MR) is 41.4 cm³/mol. The van der Waals surface area contributed by atoms with Crippen molar-refractivity contribution in [3.8, 4) is 0 Å². The van der Waals surface area contributed by atoms with Crippen molar-refractivity contribution >= 4 is 23.2 Å². The van der Waals surface area contributed by atoms with E-state index in [4.69, 9.17) is 33.4 Å². The highest BCUT2D eigenvalue weighted by molar-refractivity contribution is 6.32. The van der Waals surface area contributed by atoms with E-state index in [1.165, 1.54) is 12.1 Å². The van der Waals surface area contributed by atoms with Crippen molar-refractivity contribution in [2.45, 2.75) is 6.29 Å². The Morgan fingerprint density at radius 2 is 1.91 bits per heavy atom. The molecule has 1 aromatic heterocycles. The molecule has 5 heteroatoms. The van der Waals surface area contributed by atoms with Crippen LogP contribution in [0.15, 0.2) is 12.1 Å². The molecule has 0 atom stereocenters. The number of pyridine rings is 1. The Labute approximate surface area is 73.2 Å². The van der Waals surface area contributed by atoms with Gasteiger partial charge in [0.15, 0.2) is 6.29 Å². The smallest absolute Gasteiger partial charge is 0.197 e. The van der Waals surface area contributed by atoms with E-state index in [2.05, 4.69) is 4.98 Å². The second kappa shape index (κ2) is 3.36. The van der Waals surface area contributed by atoms with E-state index < -0.39 is 6.29 Å². The quantitative estimate of drug-likeness (QED) is 0.524. The lowest BCUT2D eigenvalue weighted by Gasteiger charge is -2.04. The van der Waals surface area contributed by atoms with E-state index in [9.17, 15) is 0 Å². The molecule has 60 valence electrons. The van der Waals surface area contributed by atoms with Gasteiger partial charge in [0, 0.05) is 0 Å². The van der Waals surface area contributed by atoms with Crippen LogP contribution in [0, 0.1) is 0 Å². The van der Waals surface area contributed by atoms with Crippen molar-refractivity contribution in [2.24, 2.45) is 0 Å². The molecule has 1 rings (SSSR count). The minimum absolute atomic E-state index is 0.0285. The number of aliphatic hydroxyl groups excluding tert-OH is 1. The first kappa shape index (κ1) is 8.74. The van der Waals surface area contributed by atoms with E-state index in [1.807, 2.05) is 0 Å². The van der Waals surface area contributed by atoms with Gasteiger partial charge in [-0.2, -0.15) is 0 Å². The fraction of sp³-hybridized carbons (Fsp3) is 0.167. The van der Waals surface area contributed by atoms with Crippen LogP contribution >= 0.6 is 23.2 Å². The summed E-state index contributed by atoms with van der Waals surface area (Å²) in [6, 6.07) is 2.92. The number of halogens is 2. The van der Waals surface area contributed by atoms with Gasteiger partial charge in [0.25, 0.3) is 0 Å². The Balaban J connectivity index is 3.13. The SMILES string of the molecule is OC(O)c1nc(Cl)ccc1Cl. The molecule has 2 N–H and O–H groups in total. The normalized spacial score (nSPS) is 10.6. The van der Waals surface area contributed by atoms with E-state index in [-0.39, 0.29) is 15.9 Å². The molecule has 1 heterocycles. The number of aliphatic hydroxyl groups is 2. The highest BCUT2D eigenvalue weighted by atomic mass is 35.5. The summed E-state index contributed by atoms with van der Waals surface area (Å²) < 4.78 is 0. The molecule has 0 saturated heterocycles. The summed E-state index contributed by atoms with van der Waals surface area (Å²) in [4.78, 5) is 3.61. The summed E-state index contributed by atoms with van der Waals surface area (Å²) >= 11 is 11.0. The molecule has 0 aromatic carbocycles. The van der Waals surface area contributed by atoms with Gasteiger partial charge in [-0.1, -0.05) is 23.2 Å². The summed E-state index contributed by atoms with van der Waals surface area (Å²) in [6.07, 6.45) is -1.68. The molecule has 0 radical (unpaired) electrons. The average molecular weight is 194 g/mol. The van der Waals surface area contributed by atoms with Gasteiger partial charge in [-0.3, -0.25) is 0 Å². The van der Waals surface area contributed by atoms with Crippen molar-refractivity contribution < 1.29 is 10.2 Å². The molecule has 0 aliphatic heterocycles. The molecular formula is C6H5Cl2NO2. The van der Waals surface area contributed by atoms with Gasteiger partial charge in [-0.15, -0.1) is 0 Å². The maximum atomic E-state index is 8.68. The highest BCUT2D eigenvalue weighted by Crippen LogP contribution is 2.20. The van der Waals surface area contributed by atoms with Crippen molar-refractivity contribution in [3.63, 3.8) is 0 Å². The molecule has 0 spiro atoms. The molecule has 0 fully saturated rings. The Morgan fingerprint density at radius 1 is 1.27 bits per heavy atom. The van der Waals surface area contributed by atoms with Gasteiger partial charge in [-0.25, -0.2) is 4.98 Å². The Kier molecular flexibility index (Phi) is 2.67. The Hall–Kier alpha value is -0.350. The Bertz CT molecular complexity index is 265. The molecule has 1 aromatic rings. The maximum absolute atomic E-state index is 8.68. The maximum Gasteiger partial charge on any atom is 0.197 e. The molecule has 0 amide bonds. The lowest BCUT2D eigenvalue weighted by atomic mass is 10.3. The highest BCUT2D eigenvalue weighted by Gasteiger charge is 2.09. The largest absolute Gasteiger partial charge is 0.363 e. The molecule has 0 aliphatic rings. The average Bonchev–Trinajstić information content (AvgIpc) is 1.94. The van der Waals surface area contributed by atoms with E-state index in [0.717, 1.165) is 0 Å². The van der Waals surface area contributed by atoms with Gasteiger partial charge in [0.2, 0.25) is 0 Å². The minimum atomic E-state index is -1.68. The lowest BCUT2D eigenvalue weighted by molar-refractivity contribution is -0.0457. The third-order valence-electron chi connectivity index (χ3n) is 1.08. The van der Waals surface area contributed by atoms with Crippen LogP contribution in [0.25, 0.3) is 0 Å². The molecule has 11 heavy (non-hydrogen) atoms. The fourth-order valence-corrected chi connectivity index (χ4v) is 0.971. The fourth-order valence-electron chi connectivity index (χ4n) is 0.614. The van der Waals surface area contributed by atoms with Crippen molar-refractivity contribution in [1.29, 1.82) is 0 Å². The summed E-state index contributed by atoms with van der Waals surface area (Å²) in [6.45, 7) is 0. The summed E-state index contributed by atoms with van der Waals surface area (Å²) in [7, 11) is 0. The van der Waals surface area contributed by atoms with Crippen LogP contribution in [0.2, 0.25) is 10.2 Å². The van der Waals surface area contributed by atoms with Crippen LogP contribution in [0.3, 0.4) is 0 Å². The van der Waals surface area contributed by atoms with Crippen LogP contribution in [-0.4, -0.2) is 15.2 Å². The van der Waals surface area contributed by atoms with E-state index in [1.54, 1.807) is 0 Å². The number of aromatic nitrogens is 1. The zero-order valence-electron chi connectivity index (χ0n) is 5.33. The molecule has 0 saturated carbocycles. The van der Waals surface area contributed by atoms with Crippen LogP contribution in [0.4, 0.5) is 0 Å². The number of hydrogen-bond acceptors (Lipinski definition) is 3. The first-order valence-corrected chi connectivity index (χ1v) is 3.55. The second-order valence-corrected chi connectivity index (χ2v) is 2.67. The zero-order valence-corrected chi connectivity index (χ0v) is 6.84. The molecular weight excluding hydrogens is 189 g/mol. The monoisotopic (exact) mass is 193 g/mol. The second-order valence-electron chi connectivity index (χ2n) is 1.87. The minimum Gasteiger partial charge on any atom is -0.363 e. The first-order valence-electron chi connectivity index (χ1n) is 2.79. The standard InChI is InChI=1S/C6H5Cl2NO2/c7-3-1-2-4(8)9-5(3)6(10)11/h1-2,6,10-11H. The third kappa shape index (κ3) is 2.04. The summed E-state index contributed by atoms with van der Waals surface area (Å²) in [5.74, 6) is 0. The van der Waals surface area contributed by atoms with Crippen molar-refractivity contribution in [2.75, 3.05) is 0 Å². The lowest BCUT2D eigenvalue weighted by Crippen LogP contribution is -1.99. The summed E-state index contributed by atoms with van der Waals surface area (Å²) in [5, 5.41) is 17.7. The van der Waals surface area contributed by atoms with Gasteiger partial charge in [-0.05, 0) is 12.1 Å². The van der Waals surface area contributed by atoms with Crippen LogP contribution < -0.4 is 0 Å². The molecule has 3 nitrogen and oxygen atoms in total. The van der Waals surface area contributed by atoms with Gasteiger partial charge in [0.05, 0.1) is 5.02 Å². The van der Waals surface area contributed by atoms with Crippen LogP contribution in [0.5, 0.6) is 0 Å². The molecule has 0 bridgehead atoms. The Morgan fingerprint density at radius 3 is 2.36 bits per heavy atom. The first-order chi connectivity index (χ1) is 5.11. The zero-order chi connectivity index (χ0) is 8.43. The van der Waals surface area contributed by atoms with Gasteiger partial charge >= 0.3 is 0 Å². The van der Waals surface area contributed by atoms with Crippen LogP contribution in [0.1, 0.15) is 12.0 Å². The van der Waals surface area contributed by atoms with Crippen molar-refractivity contribution in [3.05, 3.63) is 28.0 Å². The summed E-state index contributed by atoms with van der Waals surface area (Å²) in [5.41, 5.74) is -0.0285. The molecule has 0 aliphatic carbocycles. The number of rotatable bonds is 1. The van der Waals surface area contributed by atoms with E-state index >= 15 is 0 Å². The third-order valence-corrected chi connectivity index (χ3v) is 1.61. The predicted octanol–water partition coefficient (Wildman–Crippen LogP) is 1.37. The van der Waals surface area contributed by atoms with Gasteiger partial charge < -0.3 is 10.2 Å². The number of hydrogen-bond donors (Lipinski definition) is 2.